The number of thiocarbonyl (C=S) groups is 1. The van der Waals surface area contributed by atoms with Crippen LogP contribution in [0.5, 0.6) is 0 Å². The van der Waals surface area contributed by atoms with Crippen LogP contribution in [-0.4, -0.2) is 15.9 Å². The minimum Gasteiger partial charge on any atom is -0.248 e. The molecule has 0 unspecified atom stereocenters. The SMILES string of the molecule is S=C=Nc1ccc(SCCCCCCc2ccccc2)nc1. The van der Waals surface area contributed by atoms with E-state index in [2.05, 4.69) is 57.7 Å². The van der Waals surface area contributed by atoms with Gasteiger partial charge in [-0.15, -0.1) is 11.8 Å². The number of rotatable bonds is 9. The zero-order valence-corrected chi connectivity index (χ0v) is 14.2. The zero-order valence-electron chi connectivity index (χ0n) is 12.6. The van der Waals surface area contributed by atoms with Crippen LogP contribution in [0.15, 0.2) is 58.7 Å². The predicted octanol–water partition coefficient (Wildman–Crippen LogP) is 5.71. The van der Waals surface area contributed by atoms with E-state index in [1.54, 1.807) is 18.0 Å². The van der Waals surface area contributed by atoms with Crippen molar-refractivity contribution < 1.29 is 0 Å². The van der Waals surface area contributed by atoms with E-state index in [4.69, 9.17) is 0 Å². The van der Waals surface area contributed by atoms with Gasteiger partial charge in [0.2, 0.25) is 0 Å². The number of pyridine rings is 1. The molecule has 2 rings (SSSR count). The first-order valence-electron chi connectivity index (χ1n) is 7.59. The Labute approximate surface area is 142 Å². The fourth-order valence-corrected chi connectivity index (χ4v) is 3.14. The molecule has 1 heterocycles. The lowest BCUT2D eigenvalue weighted by Gasteiger charge is -2.03. The lowest BCUT2D eigenvalue weighted by molar-refractivity contribution is 0.670. The topological polar surface area (TPSA) is 25.2 Å². The lowest BCUT2D eigenvalue weighted by atomic mass is 10.1. The van der Waals surface area contributed by atoms with Gasteiger partial charge < -0.3 is 0 Å². The lowest BCUT2D eigenvalue weighted by Crippen LogP contribution is -1.87. The molecule has 0 radical (unpaired) electrons. The fraction of sp³-hybridized carbons (Fsp3) is 0.333. The normalized spacial score (nSPS) is 10.2. The largest absolute Gasteiger partial charge is 0.248 e. The number of hydrogen-bond donors (Lipinski definition) is 0. The summed E-state index contributed by atoms with van der Waals surface area (Å²) in [6, 6.07) is 14.6. The number of unbranched alkanes of at least 4 members (excludes halogenated alkanes) is 3. The summed E-state index contributed by atoms with van der Waals surface area (Å²) in [5.41, 5.74) is 2.21. The van der Waals surface area contributed by atoms with Gasteiger partial charge in [-0.1, -0.05) is 43.2 Å². The Kier molecular flexibility index (Phi) is 7.89. The molecule has 0 aliphatic heterocycles. The first-order chi connectivity index (χ1) is 10.9. The van der Waals surface area contributed by atoms with Gasteiger partial charge in [-0.25, -0.2) is 4.98 Å². The number of isothiocyanates is 1. The molecule has 0 saturated carbocycles. The zero-order chi connectivity index (χ0) is 15.5. The Morgan fingerprint density at radius 3 is 2.55 bits per heavy atom. The Hall–Kier alpha value is -1.48. The number of aryl methyl sites for hydroxylation is 1. The summed E-state index contributed by atoms with van der Waals surface area (Å²) in [5, 5.41) is 3.40. The van der Waals surface area contributed by atoms with E-state index in [1.165, 1.54) is 37.7 Å². The molecule has 0 saturated heterocycles. The number of aromatic nitrogens is 1. The fourth-order valence-electron chi connectivity index (χ4n) is 2.18. The quantitative estimate of drug-likeness (QED) is 0.255. The van der Waals surface area contributed by atoms with E-state index in [-0.39, 0.29) is 0 Å². The number of benzene rings is 1. The maximum atomic E-state index is 4.57. The number of aliphatic imine (C=N–C) groups is 1. The van der Waals surface area contributed by atoms with Crippen molar-refractivity contribution in [2.24, 2.45) is 4.99 Å². The van der Waals surface area contributed by atoms with Crippen LogP contribution < -0.4 is 0 Å². The number of nitrogens with zero attached hydrogens (tertiary/aromatic N) is 2. The van der Waals surface area contributed by atoms with E-state index >= 15 is 0 Å². The van der Waals surface area contributed by atoms with Crippen molar-refractivity contribution in [2.75, 3.05) is 5.75 Å². The van der Waals surface area contributed by atoms with Crippen LogP contribution in [0.25, 0.3) is 0 Å². The summed E-state index contributed by atoms with van der Waals surface area (Å²) in [4.78, 5) is 8.25. The van der Waals surface area contributed by atoms with Crippen LogP contribution in [0.1, 0.15) is 31.2 Å². The van der Waals surface area contributed by atoms with Crippen molar-refractivity contribution in [1.82, 2.24) is 4.98 Å². The molecular weight excluding hydrogens is 308 g/mol. The highest BCUT2D eigenvalue weighted by Crippen LogP contribution is 2.20. The minimum atomic E-state index is 0.764. The summed E-state index contributed by atoms with van der Waals surface area (Å²) < 4.78 is 0. The molecule has 0 fully saturated rings. The molecule has 0 N–H and O–H groups in total. The molecular formula is C18H20N2S2. The Morgan fingerprint density at radius 1 is 1.00 bits per heavy atom. The molecule has 22 heavy (non-hydrogen) atoms. The third kappa shape index (κ3) is 6.52. The monoisotopic (exact) mass is 328 g/mol. The van der Waals surface area contributed by atoms with E-state index in [1.807, 2.05) is 12.1 Å². The number of hydrogen-bond acceptors (Lipinski definition) is 4. The second-order valence-electron chi connectivity index (χ2n) is 5.06. The number of thioether (sulfide) groups is 1. The van der Waals surface area contributed by atoms with Gasteiger partial charge in [0.25, 0.3) is 0 Å². The first kappa shape index (κ1) is 16.9. The van der Waals surface area contributed by atoms with Gasteiger partial charge in [-0.05, 0) is 54.9 Å². The standard InChI is InChI=1S/C18H20N2S2/c21-15-20-17-11-12-18(19-14-17)22-13-7-2-1-4-8-16-9-5-3-6-10-16/h3,5-6,9-12,14H,1-2,4,7-8,13H2. The summed E-state index contributed by atoms with van der Waals surface area (Å²) in [5.74, 6) is 1.12. The molecule has 114 valence electrons. The highest BCUT2D eigenvalue weighted by molar-refractivity contribution is 7.99. The Balaban J connectivity index is 1.54. The van der Waals surface area contributed by atoms with E-state index < -0.39 is 0 Å². The maximum absolute atomic E-state index is 4.57. The van der Waals surface area contributed by atoms with Crippen LogP contribution in [0.3, 0.4) is 0 Å². The Bertz CT molecular complexity index is 590. The van der Waals surface area contributed by atoms with Crippen molar-refractivity contribution in [3.63, 3.8) is 0 Å². The Morgan fingerprint density at radius 2 is 1.82 bits per heavy atom. The summed E-state index contributed by atoms with van der Waals surface area (Å²) in [6.07, 6.45) is 8.02. The van der Waals surface area contributed by atoms with Crippen LogP contribution in [0.4, 0.5) is 5.69 Å². The van der Waals surface area contributed by atoms with E-state index in [0.29, 0.717) is 0 Å². The van der Waals surface area contributed by atoms with Gasteiger partial charge in [-0.3, -0.25) is 0 Å². The predicted molar refractivity (Wildman–Crippen MR) is 98.3 cm³/mol. The highest BCUT2D eigenvalue weighted by atomic mass is 32.2. The van der Waals surface area contributed by atoms with Crippen molar-refractivity contribution >= 4 is 34.8 Å². The maximum Gasteiger partial charge on any atom is 0.0961 e. The average Bonchev–Trinajstić information content (AvgIpc) is 2.57. The smallest absolute Gasteiger partial charge is 0.0961 e. The molecule has 0 bridgehead atoms. The molecule has 1 aromatic carbocycles. The highest BCUT2D eigenvalue weighted by Gasteiger charge is 1.97. The summed E-state index contributed by atoms with van der Waals surface area (Å²) >= 11 is 6.37. The van der Waals surface area contributed by atoms with Crippen LogP contribution in [0, 0.1) is 0 Å². The third-order valence-corrected chi connectivity index (χ3v) is 4.47. The van der Waals surface area contributed by atoms with E-state index in [0.717, 1.165) is 16.5 Å². The van der Waals surface area contributed by atoms with Gasteiger partial charge in [0.15, 0.2) is 0 Å². The van der Waals surface area contributed by atoms with Gasteiger partial charge in [0.1, 0.15) is 0 Å². The van der Waals surface area contributed by atoms with Gasteiger partial charge in [0.05, 0.1) is 22.1 Å². The average molecular weight is 329 g/mol. The first-order valence-corrected chi connectivity index (χ1v) is 8.98. The van der Waals surface area contributed by atoms with Gasteiger partial charge in [-0.2, -0.15) is 4.99 Å². The molecule has 2 nitrogen and oxygen atoms in total. The second kappa shape index (κ2) is 10.3. The van der Waals surface area contributed by atoms with Crippen LogP contribution in [0.2, 0.25) is 0 Å². The molecule has 1 aromatic heterocycles. The summed E-state index contributed by atoms with van der Waals surface area (Å²) in [7, 11) is 0. The molecule has 0 spiro atoms. The molecule has 4 heteroatoms. The summed E-state index contributed by atoms with van der Waals surface area (Å²) in [6.45, 7) is 0. The van der Waals surface area contributed by atoms with Crippen molar-refractivity contribution in [3.05, 3.63) is 54.2 Å². The second-order valence-corrected chi connectivity index (χ2v) is 6.35. The van der Waals surface area contributed by atoms with Crippen molar-refractivity contribution in [2.45, 2.75) is 37.1 Å². The molecule has 0 aliphatic rings. The van der Waals surface area contributed by atoms with Gasteiger partial charge >= 0.3 is 0 Å². The molecule has 2 aromatic rings. The molecule has 0 amide bonds. The van der Waals surface area contributed by atoms with Crippen molar-refractivity contribution in [3.8, 4) is 0 Å². The van der Waals surface area contributed by atoms with Crippen molar-refractivity contribution in [1.29, 1.82) is 0 Å². The third-order valence-electron chi connectivity index (χ3n) is 3.35. The van der Waals surface area contributed by atoms with E-state index in [9.17, 15) is 0 Å². The molecule has 0 atom stereocenters. The van der Waals surface area contributed by atoms with Crippen LogP contribution in [-0.2, 0) is 6.42 Å². The molecule has 0 aliphatic carbocycles. The van der Waals surface area contributed by atoms with Crippen LogP contribution >= 0.6 is 24.0 Å². The van der Waals surface area contributed by atoms with Gasteiger partial charge in [0, 0.05) is 0 Å². The minimum absolute atomic E-state index is 0.764.